The minimum Gasteiger partial charge on any atom is -0.256 e. The molecule has 9 aromatic rings. The molecule has 0 unspecified atom stereocenters. The van der Waals surface area contributed by atoms with Crippen LogP contribution >= 0.6 is 0 Å². The van der Waals surface area contributed by atoms with Gasteiger partial charge in [-0.15, -0.1) is 0 Å². The summed E-state index contributed by atoms with van der Waals surface area (Å²) in [5, 5.41) is 4.75. The Bertz CT molecular complexity index is 2790. The zero-order valence-corrected chi connectivity index (χ0v) is 26.6. The maximum atomic E-state index is 5.40. The Morgan fingerprint density at radius 2 is 1.06 bits per heavy atom. The van der Waals surface area contributed by atoms with Crippen molar-refractivity contribution in [3.8, 4) is 44.6 Å². The summed E-state index contributed by atoms with van der Waals surface area (Å²) in [5.41, 5.74) is 16.6. The molecule has 0 N–H and O–H groups in total. The average Bonchev–Trinajstić information content (AvgIpc) is 3.65. The second-order valence-corrected chi connectivity index (χ2v) is 13.2. The van der Waals surface area contributed by atoms with Crippen LogP contribution in [0.15, 0.2) is 170 Å². The van der Waals surface area contributed by atoms with E-state index in [4.69, 9.17) is 9.97 Å². The summed E-state index contributed by atoms with van der Waals surface area (Å²) in [6.07, 6.45) is 1.88. The molecule has 0 aliphatic heterocycles. The fraction of sp³-hybridized carbons (Fsp3) is 0.0213. The van der Waals surface area contributed by atoms with E-state index in [0.29, 0.717) is 0 Å². The summed E-state index contributed by atoms with van der Waals surface area (Å²) in [4.78, 5) is 10.2. The first-order chi connectivity index (χ1) is 24.3. The van der Waals surface area contributed by atoms with Crippen LogP contribution in [0.5, 0.6) is 0 Å². The molecule has 2 aliphatic carbocycles. The third-order valence-electron chi connectivity index (χ3n) is 10.9. The Morgan fingerprint density at radius 3 is 1.88 bits per heavy atom. The molecular weight excluding hydrogens is 593 g/mol. The van der Waals surface area contributed by atoms with Gasteiger partial charge in [-0.1, -0.05) is 146 Å². The van der Waals surface area contributed by atoms with Gasteiger partial charge in [0.25, 0.3) is 0 Å². The van der Waals surface area contributed by atoms with Crippen LogP contribution in [0.25, 0.3) is 77.2 Å². The summed E-state index contributed by atoms with van der Waals surface area (Å²) < 4.78 is 0. The Balaban J connectivity index is 1.25. The van der Waals surface area contributed by atoms with Crippen molar-refractivity contribution < 1.29 is 0 Å². The van der Waals surface area contributed by atoms with Crippen LogP contribution in [0.1, 0.15) is 22.3 Å². The number of aromatic nitrogens is 2. The van der Waals surface area contributed by atoms with Gasteiger partial charge in [0, 0.05) is 38.9 Å². The smallest absolute Gasteiger partial charge is 0.0788 e. The summed E-state index contributed by atoms with van der Waals surface area (Å²) in [6.45, 7) is 0. The number of para-hydroxylation sites is 2. The van der Waals surface area contributed by atoms with Gasteiger partial charge in [0.05, 0.1) is 22.1 Å². The van der Waals surface area contributed by atoms with Crippen LogP contribution in [0, 0.1) is 0 Å². The summed E-state index contributed by atoms with van der Waals surface area (Å²) in [5.74, 6) is 0. The quantitative estimate of drug-likeness (QED) is 0.180. The van der Waals surface area contributed by atoms with E-state index in [1.165, 1.54) is 55.3 Å². The Labute approximate surface area is 284 Å². The average molecular weight is 621 g/mol. The lowest BCUT2D eigenvalue weighted by Gasteiger charge is -2.30. The highest BCUT2D eigenvalue weighted by molar-refractivity contribution is 6.20. The van der Waals surface area contributed by atoms with Crippen LogP contribution < -0.4 is 0 Å². The van der Waals surface area contributed by atoms with Gasteiger partial charge in [-0.05, 0) is 68.3 Å². The first-order valence-electron chi connectivity index (χ1n) is 16.9. The van der Waals surface area contributed by atoms with Crippen molar-refractivity contribution in [1.82, 2.24) is 9.97 Å². The zero-order valence-electron chi connectivity index (χ0n) is 26.6. The van der Waals surface area contributed by atoms with Gasteiger partial charge in [-0.25, -0.2) is 4.98 Å². The molecule has 1 spiro atoms. The van der Waals surface area contributed by atoms with E-state index in [1.54, 1.807) is 0 Å². The monoisotopic (exact) mass is 620 g/mol. The van der Waals surface area contributed by atoms with Gasteiger partial charge in [0.1, 0.15) is 0 Å². The summed E-state index contributed by atoms with van der Waals surface area (Å²) in [7, 11) is 0. The van der Waals surface area contributed by atoms with E-state index < -0.39 is 0 Å². The molecule has 2 aliphatic rings. The highest BCUT2D eigenvalue weighted by Gasteiger charge is 2.52. The van der Waals surface area contributed by atoms with E-state index in [-0.39, 0.29) is 5.41 Å². The van der Waals surface area contributed by atoms with Crippen LogP contribution in [0.2, 0.25) is 0 Å². The lowest BCUT2D eigenvalue weighted by molar-refractivity contribution is 0.794. The van der Waals surface area contributed by atoms with E-state index in [1.807, 2.05) is 12.3 Å². The third kappa shape index (κ3) is 3.45. The largest absolute Gasteiger partial charge is 0.256 e. The van der Waals surface area contributed by atoms with Crippen LogP contribution in [0.4, 0.5) is 0 Å². The van der Waals surface area contributed by atoms with Crippen molar-refractivity contribution in [1.29, 1.82) is 0 Å². The lowest BCUT2D eigenvalue weighted by Crippen LogP contribution is -2.25. The topological polar surface area (TPSA) is 25.8 Å². The van der Waals surface area contributed by atoms with E-state index in [0.717, 1.165) is 44.2 Å². The van der Waals surface area contributed by atoms with Gasteiger partial charge >= 0.3 is 0 Å². The van der Waals surface area contributed by atoms with Crippen molar-refractivity contribution in [2.75, 3.05) is 0 Å². The maximum absolute atomic E-state index is 5.40. The number of nitrogens with zero attached hydrogens (tertiary/aromatic N) is 2. The molecule has 2 nitrogen and oxygen atoms in total. The van der Waals surface area contributed by atoms with Crippen molar-refractivity contribution in [3.05, 3.63) is 192 Å². The number of hydrogen-bond acceptors (Lipinski definition) is 2. The molecule has 0 amide bonds. The second-order valence-electron chi connectivity index (χ2n) is 13.2. The van der Waals surface area contributed by atoms with Gasteiger partial charge in [-0.2, -0.15) is 0 Å². The van der Waals surface area contributed by atoms with Crippen molar-refractivity contribution in [3.63, 3.8) is 0 Å². The highest BCUT2D eigenvalue weighted by atomic mass is 14.7. The first kappa shape index (κ1) is 26.7. The van der Waals surface area contributed by atoms with E-state index in [2.05, 4.69) is 158 Å². The van der Waals surface area contributed by atoms with E-state index in [9.17, 15) is 0 Å². The zero-order chi connectivity index (χ0) is 32.1. The molecular formula is C47H28N2. The Morgan fingerprint density at radius 1 is 0.429 bits per heavy atom. The molecule has 2 aromatic heterocycles. The van der Waals surface area contributed by atoms with Crippen LogP contribution in [0.3, 0.4) is 0 Å². The second kappa shape index (κ2) is 9.82. The normalized spacial score (nSPS) is 13.5. The van der Waals surface area contributed by atoms with Gasteiger partial charge < -0.3 is 0 Å². The SMILES string of the molecule is c1cc(-c2nc3ccccc3c3c4c(ccc23)C2(c3ccccc3-c3ccccc32)c2ccccc2-4)cc(-c2cccc3cccnc23)c1. The highest BCUT2D eigenvalue weighted by Crippen LogP contribution is 2.64. The molecule has 0 atom stereocenters. The molecule has 0 saturated heterocycles. The Hall–Kier alpha value is -6.38. The standard InChI is InChI=1S/C47H28N2/c1-5-21-38-33(16-1)34-17-2-6-22-39(34)47(38)40-23-7-3-18-35(40)44-41(47)26-25-37-43(44)36-19-4-8-24-42(36)49-46(37)31-14-9-13-30(28-31)32-20-10-12-29-15-11-27-48-45(29)32/h1-28H. The van der Waals surface area contributed by atoms with Gasteiger partial charge in [-0.3, -0.25) is 4.98 Å². The number of fused-ring (bicyclic) bond motifs is 15. The predicted molar refractivity (Wildman–Crippen MR) is 202 cm³/mol. The molecule has 2 heterocycles. The fourth-order valence-electron chi connectivity index (χ4n) is 9.02. The number of pyridine rings is 2. The van der Waals surface area contributed by atoms with E-state index >= 15 is 0 Å². The predicted octanol–water partition coefficient (Wildman–Crippen LogP) is 11.6. The van der Waals surface area contributed by atoms with Crippen molar-refractivity contribution >= 4 is 32.6 Å². The number of rotatable bonds is 2. The van der Waals surface area contributed by atoms with Gasteiger partial charge in [0.15, 0.2) is 0 Å². The van der Waals surface area contributed by atoms with Crippen LogP contribution in [-0.2, 0) is 5.41 Å². The fourth-order valence-corrected chi connectivity index (χ4v) is 9.02. The minimum atomic E-state index is -0.390. The number of benzene rings is 7. The molecule has 0 radical (unpaired) electrons. The first-order valence-corrected chi connectivity index (χ1v) is 16.9. The van der Waals surface area contributed by atoms with Crippen molar-refractivity contribution in [2.24, 2.45) is 0 Å². The molecule has 7 aromatic carbocycles. The van der Waals surface area contributed by atoms with Crippen LogP contribution in [-0.4, -0.2) is 9.97 Å². The molecule has 226 valence electrons. The Kier molecular flexibility index (Phi) is 5.34. The molecule has 11 rings (SSSR count). The molecule has 2 heteroatoms. The molecule has 0 saturated carbocycles. The van der Waals surface area contributed by atoms with Crippen molar-refractivity contribution in [2.45, 2.75) is 5.41 Å². The van der Waals surface area contributed by atoms with Gasteiger partial charge in [0.2, 0.25) is 0 Å². The lowest BCUT2D eigenvalue weighted by atomic mass is 9.70. The number of hydrogen-bond donors (Lipinski definition) is 0. The third-order valence-corrected chi connectivity index (χ3v) is 10.9. The summed E-state index contributed by atoms with van der Waals surface area (Å²) >= 11 is 0. The molecule has 0 fully saturated rings. The maximum Gasteiger partial charge on any atom is 0.0788 e. The molecule has 49 heavy (non-hydrogen) atoms. The summed E-state index contributed by atoms with van der Waals surface area (Å²) in [6, 6.07) is 59.8. The minimum absolute atomic E-state index is 0.390. The molecule has 0 bridgehead atoms.